The van der Waals surface area contributed by atoms with Crippen LogP contribution in [0.1, 0.15) is 38.3 Å². The minimum Gasteiger partial charge on any atom is -0.494 e. The fraction of sp³-hybridized carbons (Fsp3) is 0.647. The van der Waals surface area contributed by atoms with E-state index < -0.39 is 0 Å². The van der Waals surface area contributed by atoms with Crippen LogP contribution < -0.4 is 10.5 Å². The van der Waals surface area contributed by atoms with Crippen LogP contribution in [-0.4, -0.2) is 43.9 Å². The molecule has 1 fully saturated rings. The zero-order chi connectivity index (χ0) is 15.1. The van der Waals surface area contributed by atoms with Crippen molar-refractivity contribution in [2.24, 2.45) is 5.73 Å². The molecule has 2 atom stereocenters. The molecule has 1 aromatic rings. The quantitative estimate of drug-likeness (QED) is 0.839. The van der Waals surface area contributed by atoms with Crippen molar-refractivity contribution in [3.8, 4) is 5.75 Å². The lowest BCUT2D eigenvalue weighted by Crippen LogP contribution is -2.44. The summed E-state index contributed by atoms with van der Waals surface area (Å²) in [6, 6.07) is 8.55. The third-order valence-corrected chi connectivity index (χ3v) is 4.03. The van der Waals surface area contributed by atoms with Crippen LogP contribution in [0.4, 0.5) is 0 Å². The van der Waals surface area contributed by atoms with Gasteiger partial charge in [0.2, 0.25) is 0 Å². The summed E-state index contributed by atoms with van der Waals surface area (Å²) in [7, 11) is 0. The van der Waals surface area contributed by atoms with Crippen molar-refractivity contribution in [2.75, 3.05) is 32.8 Å². The smallest absolute Gasteiger partial charge is 0.119 e. The average molecular weight is 292 g/mol. The van der Waals surface area contributed by atoms with Gasteiger partial charge in [0.15, 0.2) is 0 Å². The highest BCUT2D eigenvalue weighted by Crippen LogP contribution is 2.27. The first kappa shape index (κ1) is 16.3. The maximum atomic E-state index is 6.06. The number of rotatable bonds is 7. The number of benzene rings is 1. The summed E-state index contributed by atoms with van der Waals surface area (Å²) < 4.78 is 11.4. The summed E-state index contributed by atoms with van der Waals surface area (Å²) in [6.45, 7) is 8.21. The van der Waals surface area contributed by atoms with Gasteiger partial charge in [-0.1, -0.05) is 12.1 Å². The van der Waals surface area contributed by atoms with E-state index >= 15 is 0 Å². The molecule has 4 nitrogen and oxygen atoms in total. The summed E-state index contributed by atoms with van der Waals surface area (Å²) in [5.41, 5.74) is 7.29. The molecule has 0 aromatic heterocycles. The molecule has 2 unspecified atom stereocenters. The number of ether oxygens (including phenoxy) is 2. The van der Waals surface area contributed by atoms with Crippen molar-refractivity contribution in [1.29, 1.82) is 0 Å². The van der Waals surface area contributed by atoms with Crippen LogP contribution in [-0.2, 0) is 4.74 Å². The van der Waals surface area contributed by atoms with Gasteiger partial charge < -0.3 is 15.2 Å². The molecule has 1 aliphatic rings. The Morgan fingerprint density at radius 2 is 2.19 bits per heavy atom. The molecule has 4 heteroatoms. The summed E-state index contributed by atoms with van der Waals surface area (Å²) >= 11 is 0. The van der Waals surface area contributed by atoms with Gasteiger partial charge in [0.05, 0.1) is 12.7 Å². The first-order chi connectivity index (χ1) is 10.3. The standard InChI is InChI=1S/C17H28N2O2/c1-3-20-15-8-5-7-14(11-15)17(12-18)19-10-6-9-16(13-19)21-4-2/h5,7-8,11,16-17H,3-4,6,9-10,12-13,18H2,1-2H3. The Bertz CT molecular complexity index is 423. The van der Waals surface area contributed by atoms with Gasteiger partial charge in [0.1, 0.15) is 5.75 Å². The summed E-state index contributed by atoms with van der Waals surface area (Å²) in [5, 5.41) is 0. The first-order valence-corrected chi connectivity index (χ1v) is 8.07. The zero-order valence-corrected chi connectivity index (χ0v) is 13.3. The summed E-state index contributed by atoms with van der Waals surface area (Å²) in [6.07, 6.45) is 2.67. The summed E-state index contributed by atoms with van der Waals surface area (Å²) in [5.74, 6) is 0.923. The SMILES string of the molecule is CCOc1cccc(C(CN)N2CCCC(OCC)C2)c1. The fourth-order valence-electron chi connectivity index (χ4n) is 3.10. The van der Waals surface area contributed by atoms with Gasteiger partial charge in [0.25, 0.3) is 0 Å². The number of hydrogen-bond donors (Lipinski definition) is 1. The van der Waals surface area contributed by atoms with Crippen molar-refractivity contribution < 1.29 is 9.47 Å². The van der Waals surface area contributed by atoms with E-state index in [1.807, 2.05) is 19.1 Å². The Hall–Kier alpha value is -1.10. The van der Waals surface area contributed by atoms with Crippen LogP contribution in [0.3, 0.4) is 0 Å². The van der Waals surface area contributed by atoms with Gasteiger partial charge in [-0.05, 0) is 50.9 Å². The molecule has 0 radical (unpaired) electrons. The lowest BCUT2D eigenvalue weighted by Gasteiger charge is -2.38. The molecule has 1 aromatic carbocycles. The van der Waals surface area contributed by atoms with Crippen LogP contribution >= 0.6 is 0 Å². The highest BCUT2D eigenvalue weighted by molar-refractivity contribution is 5.31. The largest absolute Gasteiger partial charge is 0.494 e. The second kappa shape index (κ2) is 8.37. The second-order valence-electron chi connectivity index (χ2n) is 5.47. The van der Waals surface area contributed by atoms with Gasteiger partial charge in [-0.25, -0.2) is 0 Å². The number of nitrogens with zero attached hydrogens (tertiary/aromatic N) is 1. The van der Waals surface area contributed by atoms with Gasteiger partial charge in [-0.2, -0.15) is 0 Å². The van der Waals surface area contributed by atoms with Crippen LogP contribution in [0.2, 0.25) is 0 Å². The fourth-order valence-corrected chi connectivity index (χ4v) is 3.10. The van der Waals surface area contributed by atoms with E-state index in [1.54, 1.807) is 0 Å². The van der Waals surface area contributed by atoms with E-state index in [1.165, 1.54) is 12.0 Å². The molecule has 118 valence electrons. The predicted molar refractivity (Wildman–Crippen MR) is 85.6 cm³/mol. The van der Waals surface area contributed by atoms with Crippen molar-refractivity contribution in [1.82, 2.24) is 4.90 Å². The maximum absolute atomic E-state index is 6.06. The average Bonchev–Trinajstić information content (AvgIpc) is 2.50. The number of hydrogen-bond acceptors (Lipinski definition) is 4. The van der Waals surface area contributed by atoms with E-state index in [2.05, 4.69) is 24.0 Å². The van der Waals surface area contributed by atoms with E-state index in [-0.39, 0.29) is 6.04 Å². The first-order valence-electron chi connectivity index (χ1n) is 8.07. The highest BCUT2D eigenvalue weighted by atomic mass is 16.5. The molecule has 21 heavy (non-hydrogen) atoms. The van der Waals surface area contributed by atoms with Crippen LogP contribution in [0.25, 0.3) is 0 Å². The van der Waals surface area contributed by atoms with Gasteiger partial charge >= 0.3 is 0 Å². The Kier molecular flexibility index (Phi) is 6.49. The Morgan fingerprint density at radius 3 is 2.90 bits per heavy atom. The van der Waals surface area contributed by atoms with Crippen LogP contribution in [0.5, 0.6) is 5.75 Å². The molecule has 0 amide bonds. The molecular weight excluding hydrogens is 264 g/mol. The molecule has 1 heterocycles. The molecule has 1 saturated heterocycles. The lowest BCUT2D eigenvalue weighted by atomic mass is 10.0. The molecular formula is C17H28N2O2. The monoisotopic (exact) mass is 292 g/mol. The van der Waals surface area contributed by atoms with Crippen molar-refractivity contribution in [2.45, 2.75) is 38.8 Å². The number of nitrogens with two attached hydrogens (primary N) is 1. The highest BCUT2D eigenvalue weighted by Gasteiger charge is 2.26. The minimum absolute atomic E-state index is 0.244. The molecule has 2 N–H and O–H groups in total. The van der Waals surface area contributed by atoms with E-state index in [0.29, 0.717) is 19.3 Å². The second-order valence-corrected chi connectivity index (χ2v) is 5.47. The molecule has 0 saturated carbocycles. The van der Waals surface area contributed by atoms with E-state index in [4.69, 9.17) is 15.2 Å². The van der Waals surface area contributed by atoms with Crippen LogP contribution in [0.15, 0.2) is 24.3 Å². The lowest BCUT2D eigenvalue weighted by molar-refractivity contribution is -0.00661. The molecule has 0 aliphatic carbocycles. The molecule has 0 bridgehead atoms. The normalized spacial score (nSPS) is 21.2. The Labute approximate surface area is 128 Å². The van der Waals surface area contributed by atoms with E-state index in [9.17, 15) is 0 Å². The van der Waals surface area contributed by atoms with Crippen LogP contribution in [0, 0.1) is 0 Å². The topological polar surface area (TPSA) is 47.7 Å². The molecule has 1 aliphatic heterocycles. The number of piperidine rings is 1. The summed E-state index contributed by atoms with van der Waals surface area (Å²) in [4.78, 5) is 2.45. The minimum atomic E-state index is 0.244. The third kappa shape index (κ3) is 4.43. The van der Waals surface area contributed by atoms with Crippen molar-refractivity contribution in [3.05, 3.63) is 29.8 Å². The van der Waals surface area contributed by atoms with Crippen molar-refractivity contribution in [3.63, 3.8) is 0 Å². The Morgan fingerprint density at radius 1 is 1.33 bits per heavy atom. The number of likely N-dealkylation sites (tertiary alicyclic amines) is 1. The van der Waals surface area contributed by atoms with Gasteiger partial charge in [-0.3, -0.25) is 4.90 Å². The van der Waals surface area contributed by atoms with Gasteiger partial charge in [-0.15, -0.1) is 0 Å². The zero-order valence-electron chi connectivity index (χ0n) is 13.3. The third-order valence-electron chi connectivity index (χ3n) is 4.03. The van der Waals surface area contributed by atoms with Gasteiger partial charge in [0, 0.05) is 25.7 Å². The maximum Gasteiger partial charge on any atom is 0.119 e. The van der Waals surface area contributed by atoms with Crippen molar-refractivity contribution >= 4 is 0 Å². The predicted octanol–water partition coefficient (Wildman–Crippen LogP) is 2.59. The molecule has 0 spiro atoms. The van der Waals surface area contributed by atoms with E-state index in [0.717, 1.165) is 31.9 Å². The molecule has 2 rings (SSSR count). The Balaban J connectivity index is 2.09.